The standard InChI is InChI=1S/C22H21N3O2/c1-15-7-8-21(27-2)19(11-15)24-22(26)17-12-18(14-23-13-17)25-10-9-16-5-3-4-6-20(16)25/h3-8,11-14H,9-10H2,1-2H3,(H,24,26). The Balaban J connectivity index is 1.60. The number of nitrogens with zero attached hydrogens (tertiary/aromatic N) is 2. The van der Waals surface area contributed by atoms with Gasteiger partial charge in [0.2, 0.25) is 0 Å². The van der Waals surface area contributed by atoms with E-state index in [9.17, 15) is 4.79 Å². The fourth-order valence-electron chi connectivity index (χ4n) is 3.42. The molecule has 136 valence electrons. The molecule has 0 atom stereocenters. The number of carbonyl (C=O) groups is 1. The highest BCUT2D eigenvalue weighted by Crippen LogP contribution is 2.34. The summed E-state index contributed by atoms with van der Waals surface area (Å²) < 4.78 is 5.34. The summed E-state index contributed by atoms with van der Waals surface area (Å²) in [5.41, 5.74) is 5.63. The number of anilines is 3. The van der Waals surface area contributed by atoms with Crippen LogP contribution in [-0.4, -0.2) is 24.5 Å². The Morgan fingerprint density at radius 2 is 2.00 bits per heavy atom. The fraction of sp³-hybridized carbons (Fsp3) is 0.182. The van der Waals surface area contributed by atoms with Gasteiger partial charge in [0.25, 0.3) is 5.91 Å². The van der Waals surface area contributed by atoms with Gasteiger partial charge in [0.1, 0.15) is 5.75 Å². The fourth-order valence-corrected chi connectivity index (χ4v) is 3.42. The number of hydrogen-bond acceptors (Lipinski definition) is 4. The molecule has 5 nitrogen and oxygen atoms in total. The number of rotatable bonds is 4. The number of pyridine rings is 1. The number of hydrogen-bond donors (Lipinski definition) is 1. The summed E-state index contributed by atoms with van der Waals surface area (Å²) in [4.78, 5) is 19.3. The zero-order valence-corrected chi connectivity index (χ0v) is 15.4. The summed E-state index contributed by atoms with van der Waals surface area (Å²) in [6.45, 7) is 2.86. The van der Waals surface area contributed by atoms with Crippen molar-refractivity contribution in [2.24, 2.45) is 0 Å². The number of methoxy groups -OCH3 is 1. The summed E-state index contributed by atoms with van der Waals surface area (Å²) in [6, 6.07) is 15.9. The maximum absolute atomic E-state index is 12.8. The van der Waals surface area contributed by atoms with Crippen LogP contribution in [0.15, 0.2) is 60.9 Å². The van der Waals surface area contributed by atoms with Gasteiger partial charge in [0, 0.05) is 18.4 Å². The molecule has 2 heterocycles. The van der Waals surface area contributed by atoms with Crippen molar-refractivity contribution in [2.45, 2.75) is 13.3 Å². The van der Waals surface area contributed by atoms with Crippen LogP contribution >= 0.6 is 0 Å². The SMILES string of the molecule is COc1ccc(C)cc1NC(=O)c1cncc(N2CCc3ccccc32)c1. The third-order valence-electron chi connectivity index (χ3n) is 4.79. The normalized spacial score (nSPS) is 12.6. The summed E-state index contributed by atoms with van der Waals surface area (Å²) in [6.07, 6.45) is 4.38. The lowest BCUT2D eigenvalue weighted by molar-refractivity contribution is 0.102. The van der Waals surface area contributed by atoms with Gasteiger partial charge in [0.15, 0.2) is 0 Å². The first-order valence-corrected chi connectivity index (χ1v) is 8.92. The van der Waals surface area contributed by atoms with Gasteiger partial charge in [0.05, 0.1) is 30.2 Å². The van der Waals surface area contributed by atoms with Crippen LogP contribution in [-0.2, 0) is 6.42 Å². The molecule has 0 fully saturated rings. The van der Waals surface area contributed by atoms with Crippen LogP contribution < -0.4 is 15.0 Å². The van der Waals surface area contributed by atoms with E-state index >= 15 is 0 Å². The van der Waals surface area contributed by atoms with E-state index in [-0.39, 0.29) is 5.91 Å². The molecule has 4 rings (SSSR count). The van der Waals surface area contributed by atoms with E-state index in [2.05, 4.69) is 33.4 Å². The molecule has 0 aliphatic carbocycles. The number of aryl methyl sites for hydroxylation is 1. The maximum atomic E-state index is 12.8. The average molecular weight is 359 g/mol. The van der Waals surface area contributed by atoms with Crippen molar-refractivity contribution in [3.63, 3.8) is 0 Å². The summed E-state index contributed by atoms with van der Waals surface area (Å²) in [7, 11) is 1.59. The van der Waals surface area contributed by atoms with E-state index in [0.29, 0.717) is 17.0 Å². The third-order valence-corrected chi connectivity index (χ3v) is 4.79. The van der Waals surface area contributed by atoms with Crippen molar-refractivity contribution in [3.05, 3.63) is 77.6 Å². The minimum atomic E-state index is -0.208. The summed E-state index contributed by atoms with van der Waals surface area (Å²) >= 11 is 0. The van der Waals surface area contributed by atoms with E-state index in [1.54, 1.807) is 19.5 Å². The molecule has 0 radical (unpaired) electrons. The predicted octanol–water partition coefficient (Wildman–Crippen LogP) is 4.35. The molecule has 0 saturated heterocycles. The number of ether oxygens (including phenoxy) is 1. The lowest BCUT2D eigenvalue weighted by Gasteiger charge is -2.19. The molecule has 1 aromatic heterocycles. The lowest BCUT2D eigenvalue weighted by atomic mass is 10.1. The predicted molar refractivity (Wildman–Crippen MR) is 107 cm³/mol. The number of aromatic nitrogens is 1. The van der Waals surface area contributed by atoms with Crippen LogP contribution in [0.5, 0.6) is 5.75 Å². The van der Waals surface area contributed by atoms with Crippen molar-refractivity contribution in [1.82, 2.24) is 4.98 Å². The zero-order valence-electron chi connectivity index (χ0n) is 15.4. The van der Waals surface area contributed by atoms with Crippen molar-refractivity contribution in [2.75, 3.05) is 23.9 Å². The largest absolute Gasteiger partial charge is 0.495 e. The number of nitrogens with one attached hydrogen (secondary N) is 1. The molecule has 0 saturated carbocycles. The Bertz CT molecular complexity index is 1000. The van der Waals surface area contributed by atoms with Gasteiger partial charge in [-0.3, -0.25) is 9.78 Å². The lowest BCUT2D eigenvalue weighted by Crippen LogP contribution is -2.17. The Hall–Kier alpha value is -3.34. The molecular weight excluding hydrogens is 338 g/mol. The highest BCUT2D eigenvalue weighted by molar-refractivity contribution is 6.05. The van der Waals surface area contributed by atoms with Gasteiger partial charge in [-0.15, -0.1) is 0 Å². The molecule has 27 heavy (non-hydrogen) atoms. The van der Waals surface area contributed by atoms with Crippen molar-refractivity contribution < 1.29 is 9.53 Å². The highest BCUT2D eigenvalue weighted by Gasteiger charge is 2.21. The monoisotopic (exact) mass is 359 g/mol. The Morgan fingerprint density at radius 3 is 2.85 bits per heavy atom. The molecule has 3 aromatic rings. The van der Waals surface area contributed by atoms with Crippen LogP contribution in [0, 0.1) is 6.92 Å². The molecule has 1 aliphatic rings. The summed E-state index contributed by atoms with van der Waals surface area (Å²) in [5, 5.41) is 2.93. The topological polar surface area (TPSA) is 54.5 Å². The minimum absolute atomic E-state index is 0.208. The quantitative estimate of drug-likeness (QED) is 0.753. The van der Waals surface area contributed by atoms with Crippen LogP contribution in [0.25, 0.3) is 0 Å². The molecule has 0 unspecified atom stereocenters. The average Bonchev–Trinajstić information content (AvgIpc) is 3.12. The molecule has 0 bridgehead atoms. The van der Waals surface area contributed by atoms with E-state index in [4.69, 9.17) is 4.74 Å². The van der Waals surface area contributed by atoms with Gasteiger partial charge >= 0.3 is 0 Å². The Labute approximate surface area is 158 Å². The van der Waals surface area contributed by atoms with E-state index in [1.807, 2.05) is 37.3 Å². The molecule has 2 aromatic carbocycles. The smallest absolute Gasteiger partial charge is 0.257 e. The number of para-hydroxylation sites is 1. The first-order valence-electron chi connectivity index (χ1n) is 8.92. The number of benzene rings is 2. The van der Waals surface area contributed by atoms with Gasteiger partial charge < -0.3 is 15.0 Å². The molecule has 1 aliphatic heterocycles. The van der Waals surface area contributed by atoms with E-state index in [0.717, 1.165) is 24.2 Å². The van der Waals surface area contributed by atoms with Crippen molar-refractivity contribution in [1.29, 1.82) is 0 Å². The third kappa shape index (κ3) is 3.36. The molecular formula is C22H21N3O2. The van der Waals surface area contributed by atoms with Gasteiger partial charge in [-0.05, 0) is 48.7 Å². The summed E-state index contributed by atoms with van der Waals surface area (Å²) in [5.74, 6) is 0.423. The second kappa shape index (κ2) is 7.11. The van der Waals surface area contributed by atoms with Gasteiger partial charge in [-0.2, -0.15) is 0 Å². The van der Waals surface area contributed by atoms with Crippen molar-refractivity contribution in [3.8, 4) is 5.75 Å². The Kier molecular flexibility index (Phi) is 4.50. The van der Waals surface area contributed by atoms with Gasteiger partial charge in [-0.1, -0.05) is 24.3 Å². The van der Waals surface area contributed by atoms with Crippen LogP contribution in [0.3, 0.4) is 0 Å². The highest BCUT2D eigenvalue weighted by atomic mass is 16.5. The molecule has 0 spiro atoms. The first-order chi connectivity index (χ1) is 13.2. The number of amides is 1. The van der Waals surface area contributed by atoms with Crippen LogP contribution in [0.2, 0.25) is 0 Å². The zero-order chi connectivity index (χ0) is 18.8. The molecule has 1 amide bonds. The minimum Gasteiger partial charge on any atom is -0.495 e. The molecule has 1 N–H and O–H groups in total. The van der Waals surface area contributed by atoms with Crippen molar-refractivity contribution >= 4 is 23.0 Å². The van der Waals surface area contributed by atoms with Gasteiger partial charge in [-0.25, -0.2) is 0 Å². The second-order valence-electron chi connectivity index (χ2n) is 6.62. The Morgan fingerprint density at radius 1 is 1.15 bits per heavy atom. The van der Waals surface area contributed by atoms with E-state index < -0.39 is 0 Å². The van der Waals surface area contributed by atoms with Crippen LogP contribution in [0.1, 0.15) is 21.5 Å². The molecule has 5 heteroatoms. The maximum Gasteiger partial charge on any atom is 0.257 e. The first kappa shape index (κ1) is 17.1. The number of carbonyl (C=O) groups excluding carboxylic acids is 1. The van der Waals surface area contributed by atoms with E-state index in [1.165, 1.54) is 11.3 Å². The van der Waals surface area contributed by atoms with Crippen LogP contribution in [0.4, 0.5) is 17.1 Å². The number of fused-ring (bicyclic) bond motifs is 1. The second-order valence-corrected chi connectivity index (χ2v) is 6.62.